The Morgan fingerprint density at radius 3 is 2.14 bits per heavy atom. The molecule has 1 aliphatic heterocycles. The van der Waals surface area contributed by atoms with Crippen LogP contribution in [-0.2, 0) is 0 Å². The van der Waals surface area contributed by atoms with Gasteiger partial charge < -0.3 is 5.32 Å². The highest BCUT2D eigenvalue weighted by Gasteiger charge is 2.30. The van der Waals surface area contributed by atoms with Crippen LogP contribution in [0.2, 0.25) is 0 Å². The number of hydrogen-bond donors (Lipinski definition) is 1. The Labute approximate surface area is 135 Å². The van der Waals surface area contributed by atoms with Gasteiger partial charge in [0.25, 0.3) is 0 Å². The summed E-state index contributed by atoms with van der Waals surface area (Å²) in [5.41, 5.74) is -0.268. The Morgan fingerprint density at radius 2 is 1.67 bits per heavy atom. The van der Waals surface area contributed by atoms with E-state index in [2.05, 4.69) is 21.2 Å². The number of piperazine rings is 1. The van der Waals surface area contributed by atoms with Gasteiger partial charge >= 0.3 is 0 Å². The third kappa shape index (κ3) is 4.81. The minimum absolute atomic E-state index is 0. The highest BCUT2D eigenvalue weighted by atomic mass is 79.9. The molecule has 120 valence electrons. The molecule has 1 aromatic carbocycles. The van der Waals surface area contributed by atoms with E-state index in [4.69, 9.17) is 0 Å². The molecule has 1 atom stereocenters. The van der Waals surface area contributed by atoms with E-state index in [0.29, 0.717) is 26.2 Å². The molecule has 0 amide bonds. The third-order valence-electron chi connectivity index (χ3n) is 3.37. The Balaban J connectivity index is 0.00000220. The molecule has 21 heavy (non-hydrogen) atoms. The van der Waals surface area contributed by atoms with E-state index in [0.717, 1.165) is 12.1 Å². The Bertz CT molecular complexity index is 446. The van der Waals surface area contributed by atoms with Gasteiger partial charge in [-0.1, -0.05) is 15.9 Å². The summed E-state index contributed by atoms with van der Waals surface area (Å²) in [6, 6.07) is 1.28. The van der Waals surface area contributed by atoms with Gasteiger partial charge in [-0.15, -0.1) is 12.4 Å². The summed E-state index contributed by atoms with van der Waals surface area (Å²) in [4.78, 5) is 1.71. The standard InChI is InChI=1S/C13H15BrF4N2.ClH/c14-8-5-9(15)13(10(16)6-8)11(7-12(17)18)20-3-1-19-2-4-20;/h5-6,11-12,19H,1-4,7H2;1H/t11-;/m1./s1. The van der Waals surface area contributed by atoms with Crippen LogP contribution in [-0.4, -0.2) is 37.5 Å². The molecular weight excluding hydrogens is 376 g/mol. The maximum absolute atomic E-state index is 14.0. The van der Waals surface area contributed by atoms with Crippen molar-refractivity contribution in [3.05, 3.63) is 33.8 Å². The smallest absolute Gasteiger partial charge is 0.240 e. The predicted molar refractivity (Wildman–Crippen MR) is 79.1 cm³/mol. The zero-order valence-corrected chi connectivity index (χ0v) is 13.5. The fourth-order valence-electron chi connectivity index (χ4n) is 2.48. The van der Waals surface area contributed by atoms with Gasteiger partial charge in [-0.3, -0.25) is 4.90 Å². The molecule has 1 saturated heterocycles. The Morgan fingerprint density at radius 1 is 1.14 bits per heavy atom. The molecule has 1 aliphatic rings. The zero-order chi connectivity index (χ0) is 14.7. The third-order valence-corrected chi connectivity index (χ3v) is 3.83. The van der Waals surface area contributed by atoms with Crippen LogP contribution >= 0.6 is 28.3 Å². The van der Waals surface area contributed by atoms with Crippen LogP contribution in [0.1, 0.15) is 18.0 Å². The summed E-state index contributed by atoms with van der Waals surface area (Å²) in [5, 5.41) is 3.09. The normalized spacial score (nSPS) is 17.6. The van der Waals surface area contributed by atoms with E-state index in [1.54, 1.807) is 4.90 Å². The summed E-state index contributed by atoms with van der Waals surface area (Å²) in [6.45, 7) is 2.23. The number of alkyl halides is 2. The van der Waals surface area contributed by atoms with Crippen LogP contribution in [0.4, 0.5) is 17.6 Å². The molecule has 0 saturated carbocycles. The van der Waals surface area contributed by atoms with E-state index >= 15 is 0 Å². The van der Waals surface area contributed by atoms with Crippen molar-refractivity contribution in [2.45, 2.75) is 18.9 Å². The molecule has 2 rings (SSSR count). The van der Waals surface area contributed by atoms with Crippen molar-refractivity contribution in [1.29, 1.82) is 0 Å². The highest BCUT2D eigenvalue weighted by Crippen LogP contribution is 2.33. The predicted octanol–water partition coefficient (Wildman–Crippen LogP) is 3.75. The molecule has 0 spiro atoms. The lowest BCUT2D eigenvalue weighted by atomic mass is 10.00. The minimum Gasteiger partial charge on any atom is -0.314 e. The van der Waals surface area contributed by atoms with Crippen LogP contribution in [0, 0.1) is 11.6 Å². The molecule has 1 N–H and O–H groups in total. The number of halogens is 6. The second kappa shape index (κ2) is 8.31. The van der Waals surface area contributed by atoms with E-state index in [-0.39, 0.29) is 22.4 Å². The number of benzene rings is 1. The number of hydrogen-bond acceptors (Lipinski definition) is 2. The molecular formula is C13H16BrClF4N2. The second-order valence-electron chi connectivity index (χ2n) is 4.71. The maximum Gasteiger partial charge on any atom is 0.240 e. The molecule has 2 nitrogen and oxygen atoms in total. The van der Waals surface area contributed by atoms with Crippen molar-refractivity contribution in [2.24, 2.45) is 0 Å². The van der Waals surface area contributed by atoms with Crippen molar-refractivity contribution in [1.82, 2.24) is 10.2 Å². The first-order valence-electron chi connectivity index (χ1n) is 6.36. The first-order valence-corrected chi connectivity index (χ1v) is 7.15. The zero-order valence-electron chi connectivity index (χ0n) is 11.1. The van der Waals surface area contributed by atoms with E-state index in [1.165, 1.54) is 0 Å². The SMILES string of the molecule is Cl.Fc1cc(Br)cc(F)c1[C@@H](CC(F)F)N1CCNCC1. The van der Waals surface area contributed by atoms with Crippen LogP contribution in [0.5, 0.6) is 0 Å². The summed E-state index contributed by atoms with van der Waals surface area (Å²) in [5.74, 6) is -1.58. The van der Waals surface area contributed by atoms with Crippen molar-refractivity contribution < 1.29 is 17.6 Å². The van der Waals surface area contributed by atoms with E-state index in [1.807, 2.05) is 0 Å². The van der Waals surface area contributed by atoms with Gasteiger partial charge in [0, 0.05) is 48.7 Å². The van der Waals surface area contributed by atoms with Crippen molar-refractivity contribution in [3.8, 4) is 0 Å². The highest BCUT2D eigenvalue weighted by molar-refractivity contribution is 9.10. The van der Waals surface area contributed by atoms with E-state index in [9.17, 15) is 17.6 Å². The summed E-state index contributed by atoms with van der Waals surface area (Å²) >= 11 is 2.99. The maximum atomic E-state index is 14.0. The molecule has 8 heteroatoms. The van der Waals surface area contributed by atoms with Crippen molar-refractivity contribution in [2.75, 3.05) is 26.2 Å². The van der Waals surface area contributed by atoms with Gasteiger partial charge in [0.2, 0.25) is 6.43 Å². The van der Waals surface area contributed by atoms with Crippen molar-refractivity contribution in [3.63, 3.8) is 0 Å². The van der Waals surface area contributed by atoms with Gasteiger partial charge in [0.05, 0.1) is 0 Å². The first-order chi connectivity index (χ1) is 9.49. The lowest BCUT2D eigenvalue weighted by molar-refractivity contribution is 0.0710. The second-order valence-corrected chi connectivity index (χ2v) is 5.63. The molecule has 0 radical (unpaired) electrons. The largest absolute Gasteiger partial charge is 0.314 e. The van der Waals surface area contributed by atoms with Gasteiger partial charge in [-0.05, 0) is 12.1 Å². The van der Waals surface area contributed by atoms with Crippen LogP contribution < -0.4 is 5.32 Å². The molecule has 1 heterocycles. The van der Waals surface area contributed by atoms with Crippen molar-refractivity contribution >= 4 is 28.3 Å². The number of nitrogens with one attached hydrogen (secondary N) is 1. The minimum atomic E-state index is -2.61. The molecule has 0 unspecified atom stereocenters. The number of nitrogens with zero attached hydrogens (tertiary/aromatic N) is 1. The average Bonchev–Trinajstić information content (AvgIpc) is 2.37. The van der Waals surface area contributed by atoms with Gasteiger partial charge in [0.1, 0.15) is 11.6 Å². The fraction of sp³-hybridized carbons (Fsp3) is 0.538. The molecule has 0 aliphatic carbocycles. The lowest BCUT2D eigenvalue weighted by Gasteiger charge is -2.35. The van der Waals surface area contributed by atoms with Crippen LogP contribution in [0.3, 0.4) is 0 Å². The lowest BCUT2D eigenvalue weighted by Crippen LogP contribution is -2.46. The van der Waals surface area contributed by atoms with Gasteiger partial charge in [-0.2, -0.15) is 0 Å². The van der Waals surface area contributed by atoms with Crippen LogP contribution in [0.15, 0.2) is 16.6 Å². The summed E-state index contributed by atoms with van der Waals surface area (Å²) in [7, 11) is 0. The summed E-state index contributed by atoms with van der Waals surface area (Å²) < 4.78 is 53.8. The quantitative estimate of drug-likeness (QED) is 0.787. The first kappa shape index (κ1) is 18.7. The molecule has 1 fully saturated rings. The number of rotatable bonds is 4. The molecule has 0 bridgehead atoms. The van der Waals surface area contributed by atoms with Gasteiger partial charge in [0.15, 0.2) is 0 Å². The Hall–Kier alpha value is -0.370. The molecule has 1 aromatic rings. The van der Waals surface area contributed by atoms with E-state index < -0.39 is 30.5 Å². The monoisotopic (exact) mass is 390 g/mol. The topological polar surface area (TPSA) is 15.3 Å². The summed E-state index contributed by atoms with van der Waals surface area (Å²) in [6.07, 6.45) is -3.19. The average molecular weight is 392 g/mol. The van der Waals surface area contributed by atoms with Crippen LogP contribution in [0.25, 0.3) is 0 Å². The molecule has 0 aromatic heterocycles. The van der Waals surface area contributed by atoms with Gasteiger partial charge in [-0.25, -0.2) is 17.6 Å². The fourth-order valence-corrected chi connectivity index (χ4v) is 2.89. The Kier molecular flexibility index (Phi) is 7.39.